The van der Waals surface area contributed by atoms with Gasteiger partial charge in [0.05, 0.1) is 29.4 Å². The number of anilines is 1. The van der Waals surface area contributed by atoms with Crippen LogP contribution in [0.3, 0.4) is 0 Å². The summed E-state index contributed by atoms with van der Waals surface area (Å²) in [5.41, 5.74) is 2.07. The number of benzene rings is 2. The molecule has 172 valence electrons. The zero-order valence-electron chi connectivity index (χ0n) is 19.5. The summed E-state index contributed by atoms with van der Waals surface area (Å²) in [4.78, 5) is 24.1. The lowest BCUT2D eigenvalue weighted by atomic mass is 9.79. The molecule has 3 aliphatic rings. The maximum Gasteiger partial charge on any atom is 0.263 e. The molecule has 0 spiro atoms. The molecule has 6 nitrogen and oxygen atoms in total. The fourth-order valence-corrected chi connectivity index (χ4v) is 6.19. The average molecular weight is 462 g/mol. The third-order valence-corrected chi connectivity index (χ3v) is 8.40. The van der Waals surface area contributed by atoms with E-state index in [4.69, 9.17) is 10.4 Å². The number of hydrogen-bond acceptors (Lipinski definition) is 6. The van der Waals surface area contributed by atoms with Crippen LogP contribution in [0.25, 0.3) is 0 Å². The topological polar surface area (TPSA) is 71.8 Å². The van der Waals surface area contributed by atoms with E-state index in [9.17, 15) is 4.79 Å². The minimum absolute atomic E-state index is 0.0120. The van der Waals surface area contributed by atoms with E-state index in [0.29, 0.717) is 13.1 Å². The Bertz CT molecular complexity index is 1110. The summed E-state index contributed by atoms with van der Waals surface area (Å²) in [5.74, 6) is 1.63. The van der Waals surface area contributed by atoms with Gasteiger partial charge in [0.25, 0.3) is 5.91 Å². The lowest BCUT2D eigenvalue weighted by Gasteiger charge is -2.47. The summed E-state index contributed by atoms with van der Waals surface area (Å²) < 4.78 is 0. The molecule has 0 radical (unpaired) electrons. The number of amides is 1. The van der Waals surface area contributed by atoms with E-state index < -0.39 is 11.0 Å². The molecule has 0 saturated heterocycles. The van der Waals surface area contributed by atoms with Crippen LogP contribution < -0.4 is 10.2 Å². The molecule has 5 rings (SSSR count). The molecule has 2 aliphatic heterocycles. The summed E-state index contributed by atoms with van der Waals surface area (Å²) in [6, 6.07) is 16.8. The smallest absolute Gasteiger partial charge is 0.263 e. The first-order valence-electron chi connectivity index (χ1n) is 11.6. The van der Waals surface area contributed by atoms with Crippen LogP contribution in [0.4, 0.5) is 5.69 Å². The zero-order chi connectivity index (χ0) is 23.2. The lowest BCUT2D eigenvalue weighted by Crippen LogP contribution is -2.63. The molecule has 1 unspecified atom stereocenters. The SMILES string of the molecule is CNCC(C)(C=N)C1(N2C(=O)c3cc(SCc4ccccc4)ccc3N3C2=NC[C@H]3C)CC1. The van der Waals surface area contributed by atoms with Crippen molar-refractivity contribution in [3.8, 4) is 0 Å². The number of thioether (sulfide) groups is 1. The number of fused-ring (bicyclic) bond motifs is 3. The van der Waals surface area contributed by atoms with Crippen molar-refractivity contribution in [3.63, 3.8) is 0 Å². The predicted octanol–water partition coefficient (Wildman–Crippen LogP) is 4.41. The summed E-state index contributed by atoms with van der Waals surface area (Å²) >= 11 is 1.75. The van der Waals surface area contributed by atoms with Crippen LogP contribution in [-0.4, -0.2) is 54.7 Å². The Kier molecular flexibility index (Phi) is 5.57. The van der Waals surface area contributed by atoms with Gasteiger partial charge >= 0.3 is 0 Å². The van der Waals surface area contributed by atoms with Crippen LogP contribution in [0.1, 0.15) is 42.6 Å². The molecular weight excluding hydrogens is 430 g/mol. The second-order valence-electron chi connectivity index (χ2n) is 9.58. The van der Waals surface area contributed by atoms with Gasteiger partial charge in [-0.1, -0.05) is 37.3 Å². The molecule has 0 aromatic heterocycles. The van der Waals surface area contributed by atoms with Gasteiger partial charge in [0.1, 0.15) is 0 Å². The Morgan fingerprint density at radius 1 is 1.27 bits per heavy atom. The van der Waals surface area contributed by atoms with Crippen molar-refractivity contribution in [3.05, 3.63) is 59.7 Å². The first-order valence-corrected chi connectivity index (χ1v) is 12.6. The quantitative estimate of drug-likeness (QED) is 0.451. The molecular formula is C26H31N5OS. The first kappa shape index (κ1) is 22.2. The second-order valence-corrected chi connectivity index (χ2v) is 10.6. The van der Waals surface area contributed by atoms with Gasteiger partial charge in [0.2, 0.25) is 5.96 Å². The number of guanidine groups is 1. The third-order valence-electron chi connectivity index (χ3n) is 7.34. The largest absolute Gasteiger partial charge is 0.319 e. The van der Waals surface area contributed by atoms with Crippen LogP contribution in [0.2, 0.25) is 0 Å². The summed E-state index contributed by atoms with van der Waals surface area (Å²) in [7, 11) is 1.91. The molecule has 2 aromatic rings. The molecule has 0 bridgehead atoms. The van der Waals surface area contributed by atoms with Crippen molar-refractivity contribution in [1.29, 1.82) is 5.41 Å². The third kappa shape index (κ3) is 3.49. The normalized spacial score (nSPS) is 22.3. The molecule has 33 heavy (non-hydrogen) atoms. The highest BCUT2D eigenvalue weighted by Gasteiger charge is 2.64. The van der Waals surface area contributed by atoms with Crippen molar-refractivity contribution in [2.45, 2.75) is 48.9 Å². The molecule has 1 aliphatic carbocycles. The van der Waals surface area contributed by atoms with Gasteiger partial charge < -0.3 is 15.6 Å². The van der Waals surface area contributed by atoms with Gasteiger partial charge in [0, 0.05) is 28.8 Å². The van der Waals surface area contributed by atoms with Gasteiger partial charge in [-0.3, -0.25) is 14.7 Å². The fourth-order valence-electron chi connectivity index (χ4n) is 5.30. The van der Waals surface area contributed by atoms with Gasteiger partial charge in [-0.2, -0.15) is 0 Å². The highest BCUT2D eigenvalue weighted by Crippen LogP contribution is 2.56. The zero-order valence-corrected chi connectivity index (χ0v) is 20.3. The van der Waals surface area contributed by atoms with E-state index in [1.165, 1.54) is 11.8 Å². The fraction of sp³-hybridized carbons (Fsp3) is 0.423. The Hall–Kier alpha value is -2.64. The summed E-state index contributed by atoms with van der Waals surface area (Å²) in [5, 5.41) is 11.5. The predicted molar refractivity (Wildman–Crippen MR) is 136 cm³/mol. The number of nitrogens with zero attached hydrogens (tertiary/aromatic N) is 3. The van der Waals surface area contributed by atoms with Crippen molar-refractivity contribution in [1.82, 2.24) is 10.2 Å². The number of aliphatic imine (C=N–C) groups is 1. The molecule has 2 atom stereocenters. The van der Waals surface area contributed by atoms with Crippen molar-refractivity contribution in [2.75, 3.05) is 25.0 Å². The molecule has 1 amide bonds. The molecule has 1 fully saturated rings. The van der Waals surface area contributed by atoms with Crippen LogP contribution in [0.5, 0.6) is 0 Å². The number of rotatable bonds is 8. The Morgan fingerprint density at radius 3 is 2.70 bits per heavy atom. The second kappa shape index (κ2) is 8.29. The van der Waals surface area contributed by atoms with Crippen molar-refractivity contribution < 1.29 is 4.79 Å². The van der Waals surface area contributed by atoms with E-state index in [1.54, 1.807) is 11.8 Å². The van der Waals surface area contributed by atoms with E-state index in [-0.39, 0.29) is 11.9 Å². The highest BCUT2D eigenvalue weighted by atomic mass is 32.2. The van der Waals surface area contributed by atoms with Crippen LogP contribution in [-0.2, 0) is 5.75 Å². The minimum Gasteiger partial charge on any atom is -0.319 e. The monoisotopic (exact) mass is 461 g/mol. The van der Waals surface area contributed by atoms with Crippen LogP contribution in [0.15, 0.2) is 58.4 Å². The van der Waals surface area contributed by atoms with E-state index in [2.05, 4.69) is 66.5 Å². The van der Waals surface area contributed by atoms with Gasteiger partial charge in [-0.05, 0) is 50.6 Å². The lowest BCUT2D eigenvalue weighted by molar-refractivity contribution is 0.0690. The van der Waals surface area contributed by atoms with Crippen LogP contribution in [0, 0.1) is 10.8 Å². The van der Waals surface area contributed by atoms with E-state index in [1.807, 2.05) is 18.0 Å². The van der Waals surface area contributed by atoms with Crippen molar-refractivity contribution in [2.24, 2.45) is 10.4 Å². The summed E-state index contributed by atoms with van der Waals surface area (Å²) in [6.07, 6.45) is 3.28. The number of hydrogen-bond donors (Lipinski definition) is 2. The highest BCUT2D eigenvalue weighted by molar-refractivity contribution is 7.98. The molecule has 2 N–H and O–H groups in total. The maximum atomic E-state index is 14.1. The molecule has 2 heterocycles. The van der Waals surface area contributed by atoms with E-state index >= 15 is 0 Å². The number of nitrogens with one attached hydrogen (secondary N) is 2. The Balaban J connectivity index is 1.52. The maximum absolute atomic E-state index is 14.1. The van der Waals surface area contributed by atoms with Gasteiger partial charge in [-0.15, -0.1) is 11.8 Å². The Morgan fingerprint density at radius 2 is 2.03 bits per heavy atom. The van der Waals surface area contributed by atoms with E-state index in [0.717, 1.165) is 40.7 Å². The van der Waals surface area contributed by atoms with Gasteiger partial charge in [-0.25, -0.2) is 0 Å². The standard InChI is InChI=1S/C26H31N5OS/c1-18-14-29-24-30(18)22-10-9-20(33-15-19-7-5-4-6-8-19)13-21(22)23(32)31(24)26(11-12-26)25(2,16-27)17-28-3/h4-10,13,16,18,27-28H,11-12,14-15,17H2,1-3H3/t18-,25?/m1/s1. The van der Waals surface area contributed by atoms with Crippen LogP contribution >= 0.6 is 11.8 Å². The Labute approximate surface area is 200 Å². The summed E-state index contributed by atoms with van der Waals surface area (Å²) in [6.45, 7) is 5.56. The minimum atomic E-state index is -0.464. The molecule has 2 aromatic carbocycles. The van der Waals surface area contributed by atoms with Crippen molar-refractivity contribution >= 4 is 35.5 Å². The number of carbonyl (C=O) groups excluding carboxylic acids is 1. The van der Waals surface area contributed by atoms with Gasteiger partial charge in [0.15, 0.2) is 0 Å². The molecule has 7 heteroatoms. The molecule has 1 saturated carbocycles. The average Bonchev–Trinajstić information content (AvgIpc) is 3.56. The number of carbonyl (C=O) groups is 1. The first-order chi connectivity index (χ1) is 15.9.